The predicted octanol–water partition coefficient (Wildman–Crippen LogP) is 5.04. The number of rotatable bonds is 7. The lowest BCUT2D eigenvalue weighted by Gasteiger charge is -2.19. The number of carbonyl (C=O) groups is 1. The molecule has 0 aliphatic carbocycles. The van der Waals surface area contributed by atoms with E-state index in [1.54, 1.807) is 6.07 Å². The lowest BCUT2D eigenvalue weighted by molar-refractivity contribution is -0.118. The van der Waals surface area contributed by atoms with Crippen molar-refractivity contribution in [2.75, 3.05) is 18.5 Å². The van der Waals surface area contributed by atoms with Crippen LogP contribution < -0.4 is 14.8 Å². The molecule has 1 amide bonds. The van der Waals surface area contributed by atoms with Gasteiger partial charge in [0.1, 0.15) is 11.5 Å². The summed E-state index contributed by atoms with van der Waals surface area (Å²) in [5.41, 5.74) is 2.08. The second-order valence-electron chi connectivity index (χ2n) is 7.84. The van der Waals surface area contributed by atoms with Gasteiger partial charge in [-0.3, -0.25) is 4.79 Å². The van der Waals surface area contributed by atoms with Gasteiger partial charge >= 0.3 is 0 Å². The molecular formula is C22H29NO3. The molecule has 0 spiro atoms. The fourth-order valence-electron chi connectivity index (χ4n) is 2.32. The molecule has 26 heavy (non-hydrogen) atoms. The maximum absolute atomic E-state index is 12.1. The normalized spacial score (nSPS) is 11.3. The molecule has 2 aromatic carbocycles. The number of hydrogen-bond donors (Lipinski definition) is 1. The summed E-state index contributed by atoms with van der Waals surface area (Å²) in [7, 11) is 0. The number of benzene rings is 2. The van der Waals surface area contributed by atoms with E-state index in [2.05, 4.69) is 39.9 Å². The Morgan fingerprint density at radius 1 is 1.00 bits per heavy atom. The molecule has 2 rings (SSSR count). The second kappa shape index (κ2) is 8.75. The van der Waals surface area contributed by atoms with Crippen molar-refractivity contribution >= 4 is 11.6 Å². The van der Waals surface area contributed by atoms with Gasteiger partial charge in [-0.15, -0.1) is 0 Å². The van der Waals surface area contributed by atoms with Gasteiger partial charge in [-0.2, -0.15) is 0 Å². The van der Waals surface area contributed by atoms with E-state index in [9.17, 15) is 4.79 Å². The first-order chi connectivity index (χ1) is 12.2. The van der Waals surface area contributed by atoms with Crippen molar-refractivity contribution in [3.63, 3.8) is 0 Å². The van der Waals surface area contributed by atoms with Gasteiger partial charge in [0.25, 0.3) is 5.91 Å². The largest absolute Gasteiger partial charge is 0.493 e. The fourth-order valence-corrected chi connectivity index (χ4v) is 2.32. The highest BCUT2D eigenvalue weighted by atomic mass is 16.5. The lowest BCUT2D eigenvalue weighted by atomic mass is 9.87. The molecule has 0 saturated heterocycles. The molecule has 0 fully saturated rings. The molecule has 140 valence electrons. The topological polar surface area (TPSA) is 47.6 Å². The van der Waals surface area contributed by atoms with E-state index >= 15 is 0 Å². The summed E-state index contributed by atoms with van der Waals surface area (Å²) in [5, 5.41) is 2.85. The Morgan fingerprint density at radius 2 is 1.62 bits per heavy atom. The summed E-state index contributed by atoms with van der Waals surface area (Å²) in [5.74, 6) is 1.62. The number of amides is 1. The zero-order valence-corrected chi connectivity index (χ0v) is 16.3. The van der Waals surface area contributed by atoms with E-state index < -0.39 is 0 Å². The number of hydrogen-bond acceptors (Lipinski definition) is 3. The van der Waals surface area contributed by atoms with Crippen molar-refractivity contribution in [1.82, 2.24) is 0 Å². The van der Waals surface area contributed by atoms with Crippen molar-refractivity contribution in [3.8, 4) is 11.5 Å². The Balaban J connectivity index is 1.86. The molecule has 1 N–H and O–H groups in total. The van der Waals surface area contributed by atoms with E-state index in [0.717, 1.165) is 11.4 Å². The molecule has 0 heterocycles. The standard InChI is InChI=1S/C22H29NO3/c1-16(2)14-25-19-7-6-8-20(13-19)26-15-21(24)23-18-11-9-17(10-12-18)22(3,4)5/h6-13,16H,14-15H2,1-5H3,(H,23,24). The Morgan fingerprint density at radius 3 is 2.19 bits per heavy atom. The quantitative estimate of drug-likeness (QED) is 0.757. The summed E-state index contributed by atoms with van der Waals surface area (Å²) in [6, 6.07) is 15.2. The molecule has 0 unspecified atom stereocenters. The highest BCUT2D eigenvalue weighted by molar-refractivity contribution is 5.91. The van der Waals surface area contributed by atoms with Crippen LogP contribution in [0.15, 0.2) is 48.5 Å². The minimum atomic E-state index is -0.193. The first-order valence-electron chi connectivity index (χ1n) is 9.00. The maximum atomic E-state index is 12.1. The molecule has 0 atom stereocenters. The van der Waals surface area contributed by atoms with Crippen molar-refractivity contribution in [3.05, 3.63) is 54.1 Å². The van der Waals surface area contributed by atoms with Gasteiger partial charge in [-0.1, -0.05) is 52.8 Å². The molecule has 0 aliphatic heterocycles. The van der Waals surface area contributed by atoms with Gasteiger partial charge in [-0.25, -0.2) is 0 Å². The summed E-state index contributed by atoms with van der Waals surface area (Å²) >= 11 is 0. The Labute approximate surface area is 156 Å². The van der Waals surface area contributed by atoms with E-state index in [1.165, 1.54) is 5.56 Å². The number of nitrogens with one attached hydrogen (secondary N) is 1. The van der Waals surface area contributed by atoms with Crippen molar-refractivity contribution in [1.29, 1.82) is 0 Å². The van der Waals surface area contributed by atoms with Crippen LogP contribution in [0.5, 0.6) is 11.5 Å². The van der Waals surface area contributed by atoms with Gasteiger partial charge in [0.05, 0.1) is 6.61 Å². The monoisotopic (exact) mass is 355 g/mol. The second-order valence-corrected chi connectivity index (χ2v) is 7.84. The van der Waals surface area contributed by atoms with Crippen molar-refractivity contribution in [2.45, 2.75) is 40.0 Å². The first kappa shape index (κ1) is 19.8. The van der Waals surface area contributed by atoms with Crippen LogP contribution in [0.25, 0.3) is 0 Å². The summed E-state index contributed by atoms with van der Waals surface area (Å²) in [6.07, 6.45) is 0. The lowest BCUT2D eigenvalue weighted by Crippen LogP contribution is -2.20. The first-order valence-corrected chi connectivity index (χ1v) is 9.00. The highest BCUT2D eigenvalue weighted by Crippen LogP contribution is 2.23. The number of carbonyl (C=O) groups excluding carboxylic acids is 1. The van der Waals surface area contributed by atoms with Crippen LogP contribution in [0.3, 0.4) is 0 Å². The minimum absolute atomic E-state index is 0.0470. The molecule has 0 aromatic heterocycles. The van der Waals surface area contributed by atoms with E-state index in [1.807, 2.05) is 42.5 Å². The number of anilines is 1. The van der Waals surface area contributed by atoms with E-state index in [0.29, 0.717) is 18.3 Å². The Hall–Kier alpha value is -2.49. The molecular weight excluding hydrogens is 326 g/mol. The van der Waals surface area contributed by atoms with Gasteiger partial charge in [0.2, 0.25) is 0 Å². The van der Waals surface area contributed by atoms with Crippen LogP contribution in [0.2, 0.25) is 0 Å². The molecule has 0 saturated carbocycles. The summed E-state index contributed by atoms with van der Waals surface area (Å²) in [4.78, 5) is 12.1. The van der Waals surface area contributed by atoms with Crippen LogP contribution in [0.1, 0.15) is 40.2 Å². The van der Waals surface area contributed by atoms with E-state index in [4.69, 9.17) is 9.47 Å². The average molecular weight is 355 g/mol. The SMILES string of the molecule is CC(C)COc1cccc(OCC(=O)Nc2ccc(C(C)(C)C)cc2)c1. The predicted molar refractivity (Wildman–Crippen MR) is 106 cm³/mol. The highest BCUT2D eigenvalue weighted by Gasteiger charge is 2.13. The maximum Gasteiger partial charge on any atom is 0.262 e. The van der Waals surface area contributed by atoms with Crippen LogP contribution >= 0.6 is 0 Å². The molecule has 4 nitrogen and oxygen atoms in total. The third kappa shape index (κ3) is 6.43. The number of ether oxygens (including phenoxy) is 2. The third-order valence-corrected chi connectivity index (χ3v) is 3.79. The van der Waals surface area contributed by atoms with Crippen LogP contribution in [0, 0.1) is 5.92 Å². The van der Waals surface area contributed by atoms with Crippen molar-refractivity contribution < 1.29 is 14.3 Å². The van der Waals surface area contributed by atoms with Gasteiger partial charge in [-0.05, 0) is 41.2 Å². The van der Waals surface area contributed by atoms with Gasteiger partial charge < -0.3 is 14.8 Å². The van der Waals surface area contributed by atoms with Gasteiger partial charge in [0.15, 0.2) is 6.61 Å². The fraction of sp³-hybridized carbons (Fsp3) is 0.409. The zero-order chi connectivity index (χ0) is 19.2. The average Bonchev–Trinajstić information content (AvgIpc) is 2.58. The third-order valence-electron chi connectivity index (χ3n) is 3.79. The Bertz CT molecular complexity index is 715. The molecule has 2 aromatic rings. The molecule has 0 radical (unpaired) electrons. The van der Waals surface area contributed by atoms with E-state index in [-0.39, 0.29) is 17.9 Å². The minimum Gasteiger partial charge on any atom is -0.493 e. The summed E-state index contributed by atoms with van der Waals surface area (Å²) < 4.78 is 11.2. The Kier molecular flexibility index (Phi) is 6.67. The van der Waals surface area contributed by atoms with Crippen molar-refractivity contribution in [2.24, 2.45) is 5.92 Å². The zero-order valence-electron chi connectivity index (χ0n) is 16.3. The summed E-state index contributed by atoms with van der Waals surface area (Å²) in [6.45, 7) is 11.3. The van der Waals surface area contributed by atoms with Crippen LogP contribution in [-0.4, -0.2) is 19.1 Å². The van der Waals surface area contributed by atoms with Crippen LogP contribution in [-0.2, 0) is 10.2 Å². The smallest absolute Gasteiger partial charge is 0.262 e. The molecule has 4 heteroatoms. The molecule has 0 aliphatic rings. The van der Waals surface area contributed by atoms with Crippen LogP contribution in [0.4, 0.5) is 5.69 Å². The molecule has 0 bridgehead atoms. The van der Waals surface area contributed by atoms with Gasteiger partial charge in [0, 0.05) is 11.8 Å².